The van der Waals surface area contributed by atoms with Gasteiger partial charge in [-0.1, -0.05) is 42.2 Å². The van der Waals surface area contributed by atoms with Crippen molar-refractivity contribution in [3.8, 4) is 11.8 Å². The van der Waals surface area contributed by atoms with Crippen LogP contribution in [0.1, 0.15) is 12.5 Å². The summed E-state index contributed by atoms with van der Waals surface area (Å²) in [4.78, 5) is 10.5. The van der Waals surface area contributed by atoms with Crippen LogP contribution in [0.5, 0.6) is 0 Å². The summed E-state index contributed by atoms with van der Waals surface area (Å²) < 4.78 is 5.34. The molecule has 0 fully saturated rings. The van der Waals surface area contributed by atoms with Crippen LogP contribution < -0.4 is 5.32 Å². The van der Waals surface area contributed by atoms with Gasteiger partial charge >= 0.3 is 0 Å². The van der Waals surface area contributed by atoms with Crippen molar-refractivity contribution in [2.75, 3.05) is 13.2 Å². The molecule has 0 saturated heterocycles. The van der Waals surface area contributed by atoms with Gasteiger partial charge in [0.1, 0.15) is 6.61 Å². The van der Waals surface area contributed by atoms with Crippen LogP contribution in [0.2, 0.25) is 0 Å². The molecule has 0 aliphatic carbocycles. The standard InChI is InChI=1S/C13H15NO2/c1-12(15)14-9-5-6-10-16-11-13-7-3-2-4-8-13/h2-4,7-8H,9-11H2,1H3,(H,14,15). The first-order valence-electron chi connectivity index (χ1n) is 5.11. The lowest BCUT2D eigenvalue weighted by Gasteiger charge is -1.99. The predicted molar refractivity (Wildman–Crippen MR) is 62.6 cm³/mol. The number of amides is 1. The Morgan fingerprint density at radius 3 is 2.75 bits per heavy atom. The third kappa shape index (κ3) is 5.84. The number of carbonyl (C=O) groups is 1. The molecule has 1 N–H and O–H groups in total. The molecule has 0 aliphatic rings. The number of carbonyl (C=O) groups excluding carboxylic acids is 1. The highest BCUT2D eigenvalue weighted by atomic mass is 16.5. The molecule has 1 aromatic rings. The molecular formula is C13H15NO2. The minimum absolute atomic E-state index is 0.0699. The van der Waals surface area contributed by atoms with Crippen molar-refractivity contribution in [2.45, 2.75) is 13.5 Å². The van der Waals surface area contributed by atoms with Gasteiger partial charge in [-0.3, -0.25) is 4.79 Å². The first-order valence-corrected chi connectivity index (χ1v) is 5.11. The molecule has 0 radical (unpaired) electrons. The Morgan fingerprint density at radius 2 is 2.06 bits per heavy atom. The highest BCUT2D eigenvalue weighted by Crippen LogP contribution is 1.99. The highest BCUT2D eigenvalue weighted by molar-refractivity contribution is 5.73. The fourth-order valence-corrected chi connectivity index (χ4v) is 1.08. The number of nitrogens with one attached hydrogen (secondary N) is 1. The molecule has 0 atom stereocenters. The van der Waals surface area contributed by atoms with Crippen LogP contribution in [0.4, 0.5) is 0 Å². The summed E-state index contributed by atoms with van der Waals surface area (Å²) in [5, 5.41) is 2.59. The van der Waals surface area contributed by atoms with E-state index in [0.29, 0.717) is 19.8 Å². The molecule has 0 aliphatic heterocycles. The van der Waals surface area contributed by atoms with E-state index in [4.69, 9.17) is 4.74 Å². The second-order valence-electron chi connectivity index (χ2n) is 3.24. The Hall–Kier alpha value is -1.79. The van der Waals surface area contributed by atoms with E-state index in [1.807, 2.05) is 30.3 Å². The third-order valence-electron chi connectivity index (χ3n) is 1.84. The molecule has 1 amide bonds. The normalized spacial score (nSPS) is 9.06. The summed E-state index contributed by atoms with van der Waals surface area (Å²) in [5.41, 5.74) is 1.13. The van der Waals surface area contributed by atoms with E-state index in [1.54, 1.807) is 0 Å². The van der Waals surface area contributed by atoms with Gasteiger partial charge in [0.2, 0.25) is 5.91 Å². The fourth-order valence-electron chi connectivity index (χ4n) is 1.08. The van der Waals surface area contributed by atoms with Crippen molar-refractivity contribution in [1.29, 1.82) is 0 Å². The van der Waals surface area contributed by atoms with E-state index in [-0.39, 0.29) is 5.91 Å². The summed E-state index contributed by atoms with van der Waals surface area (Å²) >= 11 is 0. The van der Waals surface area contributed by atoms with Gasteiger partial charge in [0.05, 0.1) is 13.2 Å². The summed E-state index contributed by atoms with van der Waals surface area (Å²) in [7, 11) is 0. The Balaban J connectivity index is 2.10. The lowest BCUT2D eigenvalue weighted by molar-refractivity contribution is -0.118. The summed E-state index contributed by atoms with van der Waals surface area (Å²) in [5.74, 6) is 5.55. The molecule has 1 aromatic carbocycles. The van der Waals surface area contributed by atoms with Crippen molar-refractivity contribution in [3.63, 3.8) is 0 Å². The number of benzene rings is 1. The molecule has 0 aromatic heterocycles. The number of hydrogen-bond donors (Lipinski definition) is 1. The molecule has 0 bridgehead atoms. The van der Waals surface area contributed by atoms with Gasteiger partial charge in [-0.05, 0) is 5.56 Å². The molecule has 3 heteroatoms. The van der Waals surface area contributed by atoms with E-state index in [1.165, 1.54) is 6.92 Å². The maximum atomic E-state index is 10.5. The second kappa shape index (κ2) is 7.49. The maximum Gasteiger partial charge on any atom is 0.217 e. The first kappa shape index (κ1) is 12.3. The van der Waals surface area contributed by atoms with Crippen molar-refractivity contribution >= 4 is 5.91 Å². The van der Waals surface area contributed by atoms with Crippen LogP contribution in [-0.2, 0) is 16.1 Å². The van der Waals surface area contributed by atoms with Crippen LogP contribution in [0, 0.1) is 11.8 Å². The lowest BCUT2D eigenvalue weighted by Crippen LogP contribution is -2.19. The maximum absolute atomic E-state index is 10.5. The Labute approximate surface area is 95.8 Å². The monoisotopic (exact) mass is 217 g/mol. The molecule has 0 saturated carbocycles. The molecule has 0 unspecified atom stereocenters. The van der Waals surface area contributed by atoms with Gasteiger partial charge in [-0.2, -0.15) is 0 Å². The topological polar surface area (TPSA) is 38.3 Å². The first-order chi connectivity index (χ1) is 7.79. The quantitative estimate of drug-likeness (QED) is 0.610. The van der Waals surface area contributed by atoms with Gasteiger partial charge in [-0.25, -0.2) is 0 Å². The van der Waals surface area contributed by atoms with Crippen LogP contribution in [0.25, 0.3) is 0 Å². The van der Waals surface area contributed by atoms with Crippen LogP contribution >= 0.6 is 0 Å². The van der Waals surface area contributed by atoms with E-state index in [2.05, 4.69) is 17.2 Å². The van der Waals surface area contributed by atoms with Gasteiger partial charge in [-0.15, -0.1) is 0 Å². The van der Waals surface area contributed by atoms with E-state index < -0.39 is 0 Å². The zero-order valence-corrected chi connectivity index (χ0v) is 9.32. The molecule has 1 rings (SSSR count). The van der Waals surface area contributed by atoms with E-state index in [9.17, 15) is 4.79 Å². The number of hydrogen-bond acceptors (Lipinski definition) is 2. The minimum atomic E-state index is -0.0699. The zero-order valence-electron chi connectivity index (χ0n) is 9.32. The van der Waals surface area contributed by atoms with Gasteiger partial charge in [0.15, 0.2) is 0 Å². The SMILES string of the molecule is CC(=O)NCC#CCOCc1ccccc1. The Kier molecular flexibility index (Phi) is 5.75. The fraction of sp³-hybridized carbons (Fsp3) is 0.308. The van der Waals surface area contributed by atoms with Gasteiger partial charge in [0.25, 0.3) is 0 Å². The Bertz CT molecular complexity index is 376. The van der Waals surface area contributed by atoms with Crippen LogP contribution in [0.15, 0.2) is 30.3 Å². The van der Waals surface area contributed by atoms with Crippen molar-refractivity contribution in [1.82, 2.24) is 5.32 Å². The average molecular weight is 217 g/mol. The number of rotatable bonds is 4. The van der Waals surface area contributed by atoms with E-state index in [0.717, 1.165) is 5.56 Å². The predicted octanol–water partition coefficient (Wildman–Crippen LogP) is 1.34. The molecule has 84 valence electrons. The molecule has 16 heavy (non-hydrogen) atoms. The molecule has 0 spiro atoms. The van der Waals surface area contributed by atoms with Crippen LogP contribution in [0.3, 0.4) is 0 Å². The van der Waals surface area contributed by atoms with Crippen molar-refractivity contribution in [2.24, 2.45) is 0 Å². The van der Waals surface area contributed by atoms with Crippen molar-refractivity contribution < 1.29 is 9.53 Å². The molecule has 3 nitrogen and oxygen atoms in total. The third-order valence-corrected chi connectivity index (χ3v) is 1.84. The summed E-state index contributed by atoms with van der Waals surface area (Å²) in [6, 6.07) is 9.93. The van der Waals surface area contributed by atoms with E-state index >= 15 is 0 Å². The van der Waals surface area contributed by atoms with Crippen LogP contribution in [-0.4, -0.2) is 19.1 Å². The summed E-state index contributed by atoms with van der Waals surface area (Å²) in [6.07, 6.45) is 0. The highest BCUT2D eigenvalue weighted by Gasteiger charge is 1.88. The number of ether oxygens (including phenoxy) is 1. The molecule has 0 heterocycles. The van der Waals surface area contributed by atoms with Gasteiger partial charge in [0, 0.05) is 6.92 Å². The average Bonchev–Trinajstić information content (AvgIpc) is 2.29. The van der Waals surface area contributed by atoms with Gasteiger partial charge < -0.3 is 10.1 Å². The smallest absolute Gasteiger partial charge is 0.217 e. The minimum Gasteiger partial charge on any atom is -0.364 e. The second-order valence-corrected chi connectivity index (χ2v) is 3.24. The lowest BCUT2D eigenvalue weighted by atomic mass is 10.2. The largest absolute Gasteiger partial charge is 0.364 e. The Morgan fingerprint density at radius 1 is 1.31 bits per heavy atom. The summed E-state index contributed by atoms with van der Waals surface area (Å²) in [6.45, 7) is 2.79. The zero-order chi connectivity index (χ0) is 11.6. The van der Waals surface area contributed by atoms with Crippen molar-refractivity contribution in [3.05, 3.63) is 35.9 Å². The molecular weight excluding hydrogens is 202 g/mol.